The van der Waals surface area contributed by atoms with Crippen LogP contribution >= 0.6 is 11.6 Å². The highest BCUT2D eigenvalue weighted by molar-refractivity contribution is 6.30. The van der Waals surface area contributed by atoms with Crippen LogP contribution in [0.1, 0.15) is 17.2 Å². The van der Waals surface area contributed by atoms with E-state index in [0.29, 0.717) is 0 Å². The van der Waals surface area contributed by atoms with Gasteiger partial charge in [0.2, 0.25) is 0 Å². The molecule has 4 N–H and O–H groups in total. The van der Waals surface area contributed by atoms with Crippen LogP contribution in [0.2, 0.25) is 5.02 Å². The predicted molar refractivity (Wildman–Crippen MR) is 87.7 cm³/mol. The second kappa shape index (κ2) is 8.49. The summed E-state index contributed by atoms with van der Waals surface area (Å²) in [5.41, 5.74) is 0.158. The summed E-state index contributed by atoms with van der Waals surface area (Å²) in [7, 11) is 0. The third-order valence-corrected chi connectivity index (χ3v) is 3.47. The van der Waals surface area contributed by atoms with Gasteiger partial charge < -0.3 is 25.3 Å². The maximum atomic E-state index is 11.6. The first-order chi connectivity index (χ1) is 11.5. The number of carbonyl (C=O) groups excluding carboxylic acids is 1. The van der Waals surface area contributed by atoms with E-state index in [1.807, 2.05) is 18.2 Å². The van der Waals surface area contributed by atoms with Gasteiger partial charge in [-0.3, -0.25) is 4.79 Å². The fourth-order valence-corrected chi connectivity index (χ4v) is 2.15. The Bertz CT molecular complexity index is 735. The van der Waals surface area contributed by atoms with Crippen LogP contribution < -0.4 is 10.9 Å². The van der Waals surface area contributed by atoms with Gasteiger partial charge in [-0.1, -0.05) is 41.9 Å². The van der Waals surface area contributed by atoms with E-state index in [1.165, 1.54) is 12.3 Å². The van der Waals surface area contributed by atoms with Crippen molar-refractivity contribution in [2.45, 2.75) is 18.8 Å². The lowest BCUT2D eigenvalue weighted by Crippen LogP contribution is -2.37. The van der Waals surface area contributed by atoms with E-state index in [2.05, 4.69) is 10.3 Å². The Kier molecular flexibility index (Phi) is 6.36. The highest BCUT2D eigenvalue weighted by Gasteiger charge is 2.22. The normalized spacial score (nSPS) is 13.1. The molecule has 2 unspecified atom stereocenters. The van der Waals surface area contributed by atoms with Gasteiger partial charge in [0.1, 0.15) is 18.8 Å². The fraction of sp³-hybridized carbons (Fsp3) is 0.250. The van der Waals surface area contributed by atoms with E-state index in [0.717, 1.165) is 5.56 Å². The quantitative estimate of drug-likeness (QED) is 0.627. The minimum Gasteiger partial charge on any atom is -0.445 e. The monoisotopic (exact) mass is 352 g/mol. The Labute approximate surface area is 142 Å². The number of hydrogen-bond acceptors (Lipinski definition) is 5. The van der Waals surface area contributed by atoms with Crippen molar-refractivity contribution < 1.29 is 19.7 Å². The number of rotatable bonds is 6. The summed E-state index contributed by atoms with van der Waals surface area (Å²) in [6.07, 6.45) is -2.37. The van der Waals surface area contributed by atoms with Gasteiger partial charge in [0.25, 0.3) is 5.56 Å². The number of ether oxygens (including phenoxy) is 1. The molecule has 0 aliphatic heterocycles. The van der Waals surface area contributed by atoms with Crippen molar-refractivity contribution in [1.29, 1.82) is 0 Å². The van der Waals surface area contributed by atoms with Crippen LogP contribution in [0.25, 0.3) is 0 Å². The summed E-state index contributed by atoms with van der Waals surface area (Å²) in [5, 5.41) is 22.4. The van der Waals surface area contributed by atoms with E-state index in [1.54, 1.807) is 12.1 Å². The van der Waals surface area contributed by atoms with E-state index in [4.69, 9.17) is 16.3 Å². The van der Waals surface area contributed by atoms with Crippen molar-refractivity contribution >= 4 is 17.7 Å². The summed E-state index contributed by atoms with van der Waals surface area (Å²) in [4.78, 5) is 25.5. The number of amides is 1. The van der Waals surface area contributed by atoms with Crippen LogP contribution in [0.4, 0.5) is 4.79 Å². The fourth-order valence-electron chi connectivity index (χ4n) is 1.97. The van der Waals surface area contributed by atoms with Gasteiger partial charge in [-0.25, -0.2) is 4.79 Å². The van der Waals surface area contributed by atoms with Gasteiger partial charge in [-0.05, 0) is 11.6 Å². The summed E-state index contributed by atoms with van der Waals surface area (Å²) < 4.78 is 4.97. The maximum Gasteiger partial charge on any atom is 0.407 e. The molecule has 0 spiro atoms. The molecule has 0 aliphatic carbocycles. The van der Waals surface area contributed by atoms with Crippen LogP contribution in [0.3, 0.4) is 0 Å². The highest BCUT2D eigenvalue weighted by atomic mass is 35.5. The molecule has 1 heterocycles. The van der Waals surface area contributed by atoms with E-state index in [-0.39, 0.29) is 23.7 Å². The highest BCUT2D eigenvalue weighted by Crippen LogP contribution is 2.16. The van der Waals surface area contributed by atoms with Gasteiger partial charge in [0.15, 0.2) is 0 Å². The number of aromatic amines is 1. The van der Waals surface area contributed by atoms with Crippen molar-refractivity contribution in [3.8, 4) is 0 Å². The number of alkyl carbamates (subject to hydrolysis) is 1. The first-order valence-corrected chi connectivity index (χ1v) is 7.54. The minimum atomic E-state index is -1.50. The van der Waals surface area contributed by atoms with Crippen LogP contribution in [0, 0.1) is 0 Å². The van der Waals surface area contributed by atoms with Gasteiger partial charge in [0, 0.05) is 18.3 Å². The number of aliphatic hydroxyl groups is 2. The summed E-state index contributed by atoms with van der Waals surface area (Å²) in [6.45, 7) is -0.208. The zero-order valence-electron chi connectivity index (χ0n) is 12.6. The van der Waals surface area contributed by atoms with Crippen molar-refractivity contribution in [3.05, 3.63) is 69.1 Å². The molecule has 2 atom stereocenters. The molecule has 0 aliphatic rings. The lowest BCUT2D eigenvalue weighted by atomic mass is 10.1. The standard InChI is InChI=1S/C16H17ClN2O5/c17-11-6-12(15(22)18-7-11)14(21)13(20)8-19-16(23)24-9-10-4-2-1-3-5-10/h1-7,13-14,20-21H,8-9H2,(H,18,22)(H,19,23). The molecule has 0 saturated carbocycles. The number of hydrogen-bond donors (Lipinski definition) is 4. The second-order valence-electron chi connectivity index (χ2n) is 5.06. The Hall–Kier alpha value is -2.35. The van der Waals surface area contributed by atoms with Crippen LogP contribution in [0.5, 0.6) is 0 Å². The number of H-pyrrole nitrogens is 1. The first kappa shape index (κ1) is 18.0. The lowest BCUT2D eigenvalue weighted by molar-refractivity contribution is 0.0176. The number of aliphatic hydroxyl groups excluding tert-OH is 2. The minimum absolute atomic E-state index is 0.0826. The Balaban J connectivity index is 1.83. The van der Waals surface area contributed by atoms with Gasteiger partial charge in [-0.2, -0.15) is 0 Å². The molecular weight excluding hydrogens is 336 g/mol. The topological polar surface area (TPSA) is 112 Å². The van der Waals surface area contributed by atoms with Gasteiger partial charge >= 0.3 is 6.09 Å². The molecule has 24 heavy (non-hydrogen) atoms. The molecule has 0 fully saturated rings. The second-order valence-corrected chi connectivity index (χ2v) is 5.49. The zero-order valence-corrected chi connectivity index (χ0v) is 13.4. The average molecular weight is 353 g/mol. The smallest absolute Gasteiger partial charge is 0.407 e. The summed E-state index contributed by atoms with van der Waals surface area (Å²) in [5.74, 6) is 0. The number of nitrogens with one attached hydrogen (secondary N) is 2. The summed E-state index contributed by atoms with van der Waals surface area (Å²) >= 11 is 5.74. The Morgan fingerprint density at radius 1 is 1.29 bits per heavy atom. The third-order valence-electron chi connectivity index (χ3n) is 3.25. The predicted octanol–water partition coefficient (Wildman–Crippen LogP) is 1.35. The number of pyridine rings is 1. The van der Waals surface area contributed by atoms with E-state index >= 15 is 0 Å². The molecule has 1 aromatic heterocycles. The number of carbonyl (C=O) groups is 1. The molecule has 1 amide bonds. The molecular formula is C16H17ClN2O5. The van der Waals surface area contributed by atoms with Crippen LogP contribution in [-0.2, 0) is 11.3 Å². The van der Waals surface area contributed by atoms with Crippen molar-refractivity contribution in [1.82, 2.24) is 10.3 Å². The van der Waals surface area contributed by atoms with Crippen LogP contribution in [0.15, 0.2) is 47.4 Å². The van der Waals surface area contributed by atoms with Crippen molar-refractivity contribution in [3.63, 3.8) is 0 Å². The number of benzene rings is 1. The largest absolute Gasteiger partial charge is 0.445 e. The Morgan fingerprint density at radius 2 is 2.00 bits per heavy atom. The molecule has 0 bridgehead atoms. The SMILES string of the molecule is O=C(NCC(O)C(O)c1cc(Cl)c[nH]c1=O)OCc1ccccc1. The number of aromatic nitrogens is 1. The third kappa shape index (κ3) is 5.09. The first-order valence-electron chi connectivity index (χ1n) is 7.16. The summed E-state index contributed by atoms with van der Waals surface area (Å²) in [6, 6.07) is 10.3. The van der Waals surface area contributed by atoms with Crippen LogP contribution in [-0.4, -0.2) is 33.9 Å². The van der Waals surface area contributed by atoms with Gasteiger partial charge in [0.05, 0.1) is 5.02 Å². The number of halogens is 1. The molecule has 2 rings (SSSR count). The van der Waals surface area contributed by atoms with Gasteiger partial charge in [-0.15, -0.1) is 0 Å². The van der Waals surface area contributed by atoms with Crippen molar-refractivity contribution in [2.24, 2.45) is 0 Å². The van der Waals surface area contributed by atoms with E-state index < -0.39 is 23.9 Å². The molecule has 128 valence electrons. The van der Waals surface area contributed by atoms with Crippen molar-refractivity contribution in [2.75, 3.05) is 6.54 Å². The molecule has 0 saturated heterocycles. The molecule has 0 radical (unpaired) electrons. The average Bonchev–Trinajstić information content (AvgIpc) is 2.60. The maximum absolute atomic E-state index is 11.6. The molecule has 2 aromatic rings. The molecule has 7 nitrogen and oxygen atoms in total. The van der Waals surface area contributed by atoms with E-state index in [9.17, 15) is 19.8 Å². The Morgan fingerprint density at radius 3 is 2.71 bits per heavy atom. The lowest BCUT2D eigenvalue weighted by Gasteiger charge is -2.18. The zero-order chi connectivity index (χ0) is 17.5. The molecule has 8 heteroatoms. The molecule has 1 aromatic carbocycles.